The number of hydrogen-bond donors (Lipinski definition) is 2. The minimum atomic E-state index is -0.417. The van der Waals surface area contributed by atoms with E-state index in [1.807, 2.05) is 26.0 Å². The Morgan fingerprint density at radius 2 is 2.05 bits per heavy atom. The SMILES string of the molecule is Cc1cc(C)c(C)c(OCc2cccc(C(=O)NN)n2)c1. The third-order valence-corrected chi connectivity index (χ3v) is 3.31. The summed E-state index contributed by atoms with van der Waals surface area (Å²) in [7, 11) is 0. The summed E-state index contributed by atoms with van der Waals surface area (Å²) in [4.78, 5) is 15.7. The predicted molar refractivity (Wildman–Crippen MR) is 80.9 cm³/mol. The maximum Gasteiger partial charge on any atom is 0.283 e. The number of rotatable bonds is 4. The van der Waals surface area contributed by atoms with E-state index in [1.165, 1.54) is 5.56 Å². The van der Waals surface area contributed by atoms with Crippen LogP contribution in [0.1, 0.15) is 32.9 Å². The highest BCUT2D eigenvalue weighted by molar-refractivity contribution is 5.91. The smallest absolute Gasteiger partial charge is 0.283 e. The van der Waals surface area contributed by atoms with Crippen molar-refractivity contribution in [3.05, 3.63) is 58.4 Å². The molecule has 1 aromatic carbocycles. The fourth-order valence-electron chi connectivity index (χ4n) is 2.06. The van der Waals surface area contributed by atoms with Gasteiger partial charge in [0, 0.05) is 0 Å². The van der Waals surface area contributed by atoms with Crippen LogP contribution in [0.3, 0.4) is 0 Å². The quantitative estimate of drug-likeness (QED) is 0.513. The van der Waals surface area contributed by atoms with Crippen LogP contribution in [0.5, 0.6) is 5.75 Å². The Hall–Kier alpha value is -2.40. The van der Waals surface area contributed by atoms with Gasteiger partial charge in [0.05, 0.1) is 5.69 Å². The van der Waals surface area contributed by atoms with Gasteiger partial charge in [-0.05, 0) is 55.7 Å². The lowest BCUT2D eigenvalue weighted by atomic mass is 10.1. The summed E-state index contributed by atoms with van der Waals surface area (Å²) in [6.45, 7) is 6.41. The van der Waals surface area contributed by atoms with Crippen LogP contribution in [0.4, 0.5) is 0 Å². The van der Waals surface area contributed by atoms with Gasteiger partial charge in [-0.3, -0.25) is 10.2 Å². The minimum Gasteiger partial charge on any atom is -0.487 e. The van der Waals surface area contributed by atoms with E-state index >= 15 is 0 Å². The van der Waals surface area contributed by atoms with Crippen molar-refractivity contribution < 1.29 is 9.53 Å². The first-order valence-corrected chi connectivity index (χ1v) is 6.69. The van der Waals surface area contributed by atoms with Crippen LogP contribution in [-0.2, 0) is 6.61 Å². The molecule has 21 heavy (non-hydrogen) atoms. The summed E-state index contributed by atoms with van der Waals surface area (Å²) in [5.74, 6) is 5.52. The standard InChI is InChI=1S/C16H19N3O2/c1-10-7-11(2)12(3)15(8-10)21-9-13-5-4-6-14(18-13)16(20)19-17/h4-8H,9,17H2,1-3H3,(H,19,20). The Balaban J connectivity index is 2.15. The van der Waals surface area contributed by atoms with Gasteiger partial charge in [-0.1, -0.05) is 12.1 Å². The molecular formula is C16H19N3O2. The lowest BCUT2D eigenvalue weighted by Crippen LogP contribution is -2.30. The van der Waals surface area contributed by atoms with Gasteiger partial charge in [0.15, 0.2) is 0 Å². The third-order valence-electron chi connectivity index (χ3n) is 3.31. The fourth-order valence-corrected chi connectivity index (χ4v) is 2.06. The lowest BCUT2D eigenvalue weighted by molar-refractivity contribution is 0.0948. The van der Waals surface area contributed by atoms with E-state index in [4.69, 9.17) is 10.6 Å². The Kier molecular flexibility index (Phi) is 4.55. The number of aromatic nitrogens is 1. The van der Waals surface area contributed by atoms with Crippen molar-refractivity contribution in [3.63, 3.8) is 0 Å². The molecule has 0 bridgehead atoms. The van der Waals surface area contributed by atoms with Gasteiger partial charge in [0.2, 0.25) is 0 Å². The maximum atomic E-state index is 11.4. The number of nitrogens with one attached hydrogen (secondary N) is 1. The van der Waals surface area contributed by atoms with E-state index in [0.717, 1.165) is 16.9 Å². The molecule has 0 saturated heterocycles. The number of hydrogen-bond acceptors (Lipinski definition) is 4. The molecule has 5 heteroatoms. The molecule has 1 aromatic heterocycles. The van der Waals surface area contributed by atoms with Gasteiger partial charge < -0.3 is 4.74 Å². The molecule has 0 aliphatic carbocycles. The van der Waals surface area contributed by atoms with Crippen molar-refractivity contribution in [1.82, 2.24) is 10.4 Å². The highest BCUT2D eigenvalue weighted by Crippen LogP contribution is 2.24. The Morgan fingerprint density at radius 3 is 2.76 bits per heavy atom. The number of pyridine rings is 1. The number of ether oxygens (including phenoxy) is 1. The van der Waals surface area contributed by atoms with E-state index in [2.05, 4.69) is 23.4 Å². The highest BCUT2D eigenvalue weighted by atomic mass is 16.5. The van der Waals surface area contributed by atoms with Crippen LogP contribution in [0, 0.1) is 20.8 Å². The second-order valence-electron chi connectivity index (χ2n) is 4.98. The zero-order valence-electron chi connectivity index (χ0n) is 12.4. The van der Waals surface area contributed by atoms with Crippen LogP contribution >= 0.6 is 0 Å². The Morgan fingerprint density at radius 1 is 1.29 bits per heavy atom. The molecular weight excluding hydrogens is 266 g/mol. The van der Waals surface area contributed by atoms with Crippen molar-refractivity contribution in [2.75, 3.05) is 0 Å². The normalized spacial score (nSPS) is 10.3. The molecule has 2 rings (SSSR count). The van der Waals surface area contributed by atoms with Gasteiger partial charge in [0.25, 0.3) is 5.91 Å². The molecule has 1 heterocycles. The summed E-state index contributed by atoms with van der Waals surface area (Å²) in [6.07, 6.45) is 0. The van der Waals surface area contributed by atoms with Crippen molar-refractivity contribution in [2.45, 2.75) is 27.4 Å². The summed E-state index contributed by atoms with van der Waals surface area (Å²) in [5, 5.41) is 0. The molecule has 5 nitrogen and oxygen atoms in total. The van der Waals surface area contributed by atoms with E-state index in [9.17, 15) is 4.79 Å². The second-order valence-corrected chi connectivity index (χ2v) is 4.98. The largest absolute Gasteiger partial charge is 0.487 e. The number of benzene rings is 1. The molecule has 0 aliphatic heterocycles. The molecule has 1 amide bonds. The minimum absolute atomic E-state index is 0.274. The van der Waals surface area contributed by atoms with Crippen LogP contribution < -0.4 is 16.0 Å². The summed E-state index contributed by atoms with van der Waals surface area (Å²) < 4.78 is 5.83. The summed E-state index contributed by atoms with van der Waals surface area (Å²) >= 11 is 0. The van der Waals surface area contributed by atoms with Crippen LogP contribution in [0.25, 0.3) is 0 Å². The summed E-state index contributed by atoms with van der Waals surface area (Å²) in [5.41, 5.74) is 6.46. The molecule has 2 aromatic rings. The second kappa shape index (κ2) is 6.37. The molecule has 0 spiro atoms. The summed E-state index contributed by atoms with van der Waals surface area (Å²) in [6, 6.07) is 9.29. The van der Waals surface area contributed by atoms with E-state index in [-0.39, 0.29) is 5.69 Å². The van der Waals surface area contributed by atoms with Crippen molar-refractivity contribution in [3.8, 4) is 5.75 Å². The molecule has 0 saturated carbocycles. The molecule has 0 atom stereocenters. The fraction of sp³-hybridized carbons (Fsp3) is 0.250. The van der Waals surface area contributed by atoms with Gasteiger partial charge in [0.1, 0.15) is 18.1 Å². The molecule has 0 aliphatic rings. The van der Waals surface area contributed by atoms with Crippen LogP contribution in [0.15, 0.2) is 30.3 Å². The number of nitrogens with zero attached hydrogens (tertiary/aromatic N) is 1. The first-order valence-electron chi connectivity index (χ1n) is 6.69. The molecule has 0 fully saturated rings. The first-order chi connectivity index (χ1) is 10.0. The number of nitrogens with two attached hydrogens (primary N) is 1. The van der Waals surface area contributed by atoms with E-state index in [1.54, 1.807) is 12.1 Å². The predicted octanol–water partition coefficient (Wildman–Crippen LogP) is 2.19. The van der Waals surface area contributed by atoms with E-state index < -0.39 is 5.91 Å². The number of aryl methyl sites for hydroxylation is 2. The van der Waals surface area contributed by atoms with Gasteiger partial charge >= 0.3 is 0 Å². The lowest BCUT2D eigenvalue weighted by Gasteiger charge is -2.12. The first kappa shape index (κ1) is 15.0. The van der Waals surface area contributed by atoms with Crippen molar-refractivity contribution in [2.24, 2.45) is 5.84 Å². The number of carbonyl (C=O) groups excluding carboxylic acids is 1. The Bertz CT molecular complexity index is 669. The monoisotopic (exact) mass is 285 g/mol. The highest BCUT2D eigenvalue weighted by Gasteiger charge is 2.08. The van der Waals surface area contributed by atoms with Crippen LogP contribution in [-0.4, -0.2) is 10.9 Å². The average Bonchev–Trinajstić information content (AvgIpc) is 2.49. The molecule has 110 valence electrons. The van der Waals surface area contributed by atoms with Gasteiger partial charge in [-0.15, -0.1) is 0 Å². The number of nitrogen functional groups attached to an aromatic ring is 1. The van der Waals surface area contributed by atoms with E-state index in [0.29, 0.717) is 12.3 Å². The zero-order chi connectivity index (χ0) is 15.4. The number of hydrazine groups is 1. The van der Waals surface area contributed by atoms with Crippen LogP contribution in [0.2, 0.25) is 0 Å². The van der Waals surface area contributed by atoms with Crippen molar-refractivity contribution >= 4 is 5.91 Å². The average molecular weight is 285 g/mol. The Labute approximate surface area is 124 Å². The number of amides is 1. The number of carbonyl (C=O) groups is 1. The van der Waals surface area contributed by atoms with Crippen molar-refractivity contribution in [1.29, 1.82) is 0 Å². The third kappa shape index (κ3) is 3.58. The zero-order valence-corrected chi connectivity index (χ0v) is 12.4. The van der Waals surface area contributed by atoms with Gasteiger partial charge in [-0.2, -0.15) is 0 Å². The molecule has 0 unspecified atom stereocenters. The maximum absolute atomic E-state index is 11.4. The van der Waals surface area contributed by atoms with Gasteiger partial charge in [-0.25, -0.2) is 10.8 Å². The topological polar surface area (TPSA) is 77.2 Å². The molecule has 3 N–H and O–H groups in total. The molecule has 0 radical (unpaired) electrons.